The average molecular weight is 225 g/mol. The Hall–Kier alpha value is -1.63. The molecule has 1 nitrogen and oxygen atoms in total. The molecule has 0 amide bonds. The predicted molar refractivity (Wildman–Crippen MR) is 75.2 cm³/mol. The Labute approximate surface area is 104 Å². The number of rotatable bonds is 1. The van der Waals surface area contributed by atoms with Crippen LogP contribution in [-0.2, 0) is 0 Å². The molecule has 1 heteroatoms. The molecule has 17 heavy (non-hydrogen) atoms. The van der Waals surface area contributed by atoms with Gasteiger partial charge in [-0.25, -0.2) is 0 Å². The zero-order valence-corrected chi connectivity index (χ0v) is 10.2. The molecule has 0 atom stereocenters. The predicted octanol–water partition coefficient (Wildman–Crippen LogP) is 4.51. The van der Waals surface area contributed by atoms with E-state index >= 15 is 0 Å². The largest absolute Gasteiger partial charge is 0.262 e. The van der Waals surface area contributed by atoms with Gasteiger partial charge in [0.15, 0.2) is 0 Å². The van der Waals surface area contributed by atoms with E-state index in [1.54, 1.807) is 0 Å². The highest BCUT2D eigenvalue weighted by Gasteiger charge is 2.01. The van der Waals surface area contributed by atoms with Crippen LogP contribution in [0.5, 0.6) is 0 Å². The minimum absolute atomic E-state index is 0.987. The second-order valence-corrected chi connectivity index (χ2v) is 4.29. The third-order valence-corrected chi connectivity index (χ3v) is 2.85. The Morgan fingerprint density at radius 1 is 0.765 bits per heavy atom. The van der Waals surface area contributed by atoms with Gasteiger partial charge in [0.1, 0.15) is 0 Å². The molecule has 0 fully saturated rings. The van der Waals surface area contributed by atoms with Crippen LogP contribution in [0.15, 0.2) is 65.4 Å². The molecule has 2 rings (SSSR count). The molecule has 0 aromatic heterocycles. The molecule has 0 aromatic carbocycles. The van der Waals surface area contributed by atoms with E-state index in [-0.39, 0.29) is 0 Å². The fourth-order valence-electron chi connectivity index (χ4n) is 1.93. The summed E-state index contributed by atoms with van der Waals surface area (Å²) in [6, 6.07) is 0. The summed E-state index contributed by atoms with van der Waals surface area (Å²) in [7, 11) is 0. The van der Waals surface area contributed by atoms with Crippen molar-refractivity contribution in [3.8, 4) is 0 Å². The normalized spacial score (nSPS) is 22.8. The summed E-state index contributed by atoms with van der Waals surface area (Å²) in [6.45, 7) is 0. The van der Waals surface area contributed by atoms with Crippen LogP contribution in [-0.4, -0.2) is 5.71 Å². The first-order valence-electron chi connectivity index (χ1n) is 6.35. The van der Waals surface area contributed by atoms with Crippen molar-refractivity contribution < 1.29 is 0 Å². The second kappa shape index (κ2) is 6.85. The van der Waals surface area contributed by atoms with E-state index in [2.05, 4.69) is 54.7 Å². The summed E-state index contributed by atoms with van der Waals surface area (Å²) in [4.78, 5) is 4.81. The van der Waals surface area contributed by atoms with Crippen molar-refractivity contribution in [2.24, 2.45) is 4.99 Å². The third kappa shape index (κ3) is 4.39. The molecule has 0 N–H and O–H groups in total. The summed E-state index contributed by atoms with van der Waals surface area (Å²) in [5, 5.41) is 0. The lowest BCUT2D eigenvalue weighted by Gasteiger charge is -2.07. The van der Waals surface area contributed by atoms with Crippen molar-refractivity contribution in [2.45, 2.75) is 32.1 Å². The molecule has 0 aliphatic heterocycles. The van der Waals surface area contributed by atoms with Crippen molar-refractivity contribution in [3.63, 3.8) is 0 Å². The average Bonchev–Trinajstić information content (AvgIpc) is 2.24. The highest BCUT2D eigenvalue weighted by atomic mass is 14.8. The minimum atomic E-state index is 0.987. The first-order chi connectivity index (χ1) is 8.45. The summed E-state index contributed by atoms with van der Waals surface area (Å²) >= 11 is 0. The van der Waals surface area contributed by atoms with Crippen LogP contribution in [0.2, 0.25) is 0 Å². The van der Waals surface area contributed by atoms with Crippen molar-refractivity contribution in [3.05, 3.63) is 60.4 Å². The van der Waals surface area contributed by atoms with E-state index in [1.165, 1.54) is 11.4 Å². The zero-order valence-electron chi connectivity index (χ0n) is 10.2. The molecule has 0 saturated carbocycles. The highest BCUT2D eigenvalue weighted by molar-refractivity contribution is 5.87. The van der Waals surface area contributed by atoms with Gasteiger partial charge in [-0.15, -0.1) is 0 Å². The molecule has 2 aliphatic rings. The van der Waals surface area contributed by atoms with Gasteiger partial charge in [0.25, 0.3) is 0 Å². The first kappa shape index (κ1) is 11.8. The third-order valence-electron chi connectivity index (χ3n) is 2.85. The Morgan fingerprint density at radius 2 is 1.53 bits per heavy atom. The fourth-order valence-corrected chi connectivity index (χ4v) is 1.93. The van der Waals surface area contributed by atoms with E-state index < -0.39 is 0 Å². The van der Waals surface area contributed by atoms with Gasteiger partial charge in [0.05, 0.1) is 0 Å². The van der Waals surface area contributed by atoms with E-state index in [1.807, 2.05) is 0 Å². The molecule has 0 radical (unpaired) electrons. The maximum absolute atomic E-state index is 4.81. The summed E-state index contributed by atoms with van der Waals surface area (Å²) in [6.07, 6.45) is 24.5. The summed E-state index contributed by atoms with van der Waals surface area (Å²) < 4.78 is 0. The van der Waals surface area contributed by atoms with Crippen molar-refractivity contribution in [1.29, 1.82) is 0 Å². The number of aliphatic imine (C=N–C) groups is 1. The Balaban J connectivity index is 2.06. The van der Waals surface area contributed by atoms with Crippen LogP contribution in [0.4, 0.5) is 0 Å². The summed E-state index contributed by atoms with van der Waals surface area (Å²) in [5.41, 5.74) is 2.51. The van der Waals surface area contributed by atoms with Gasteiger partial charge in [-0.3, -0.25) is 4.99 Å². The lowest BCUT2D eigenvalue weighted by Crippen LogP contribution is -1.98. The van der Waals surface area contributed by atoms with Gasteiger partial charge in [-0.2, -0.15) is 0 Å². The van der Waals surface area contributed by atoms with E-state index in [0.29, 0.717) is 0 Å². The molecule has 0 spiro atoms. The lowest BCUT2D eigenvalue weighted by atomic mass is 10.1. The first-order valence-corrected chi connectivity index (χ1v) is 6.35. The van der Waals surface area contributed by atoms with Crippen LogP contribution in [0.3, 0.4) is 0 Å². The summed E-state index contributed by atoms with van der Waals surface area (Å²) in [5.74, 6) is 0. The van der Waals surface area contributed by atoms with Gasteiger partial charge in [0.2, 0.25) is 0 Å². The fraction of sp³-hybridized carbons (Fsp3) is 0.312. The Morgan fingerprint density at radius 3 is 2.47 bits per heavy atom. The maximum Gasteiger partial charge on any atom is 0.0406 e. The minimum Gasteiger partial charge on any atom is -0.262 e. The zero-order chi connectivity index (χ0) is 11.8. The van der Waals surface area contributed by atoms with Gasteiger partial charge in [-0.05, 0) is 31.8 Å². The molecular weight excluding hydrogens is 206 g/mol. The smallest absolute Gasteiger partial charge is 0.0406 e. The molecule has 0 bridgehead atoms. The molecule has 0 unspecified atom stereocenters. The van der Waals surface area contributed by atoms with Gasteiger partial charge in [0, 0.05) is 17.8 Å². The lowest BCUT2D eigenvalue weighted by molar-refractivity contribution is 0.944. The quantitative estimate of drug-likeness (QED) is 0.622. The second-order valence-electron chi connectivity index (χ2n) is 4.29. The Bertz CT molecular complexity index is 417. The molecular formula is C16H19N. The van der Waals surface area contributed by atoms with Crippen LogP contribution >= 0.6 is 0 Å². The van der Waals surface area contributed by atoms with Crippen LogP contribution in [0.25, 0.3) is 0 Å². The SMILES string of the molecule is C1=CC=C(N=C2CC=CC=CCC2)CCC=C1. The van der Waals surface area contributed by atoms with Crippen LogP contribution in [0, 0.1) is 0 Å². The van der Waals surface area contributed by atoms with Crippen LogP contribution in [0.1, 0.15) is 32.1 Å². The van der Waals surface area contributed by atoms with Crippen molar-refractivity contribution in [1.82, 2.24) is 0 Å². The molecule has 2 aliphatic carbocycles. The number of allylic oxidation sites excluding steroid dienone is 10. The van der Waals surface area contributed by atoms with Gasteiger partial charge < -0.3 is 0 Å². The van der Waals surface area contributed by atoms with Gasteiger partial charge in [-0.1, -0.05) is 48.6 Å². The monoisotopic (exact) mass is 225 g/mol. The molecule has 88 valence electrons. The maximum atomic E-state index is 4.81. The van der Waals surface area contributed by atoms with E-state index in [0.717, 1.165) is 32.1 Å². The van der Waals surface area contributed by atoms with E-state index in [4.69, 9.17) is 4.99 Å². The van der Waals surface area contributed by atoms with Crippen molar-refractivity contribution >= 4 is 5.71 Å². The highest BCUT2D eigenvalue weighted by Crippen LogP contribution is 2.14. The van der Waals surface area contributed by atoms with Crippen molar-refractivity contribution in [2.75, 3.05) is 0 Å². The standard InChI is InChI=1S/C16H19N/c1-3-7-11-15(12-8-4-1)17-16-13-9-5-2-6-10-14-16/h1-7,9,11H,8,10,12-14H2. The molecule has 0 aromatic rings. The number of hydrogen-bond acceptors (Lipinski definition) is 1. The van der Waals surface area contributed by atoms with Gasteiger partial charge >= 0.3 is 0 Å². The molecule has 0 saturated heterocycles. The topological polar surface area (TPSA) is 12.4 Å². The van der Waals surface area contributed by atoms with Crippen LogP contribution < -0.4 is 0 Å². The number of hydrogen-bond donors (Lipinski definition) is 0. The molecule has 0 heterocycles. The number of nitrogens with zero attached hydrogens (tertiary/aromatic N) is 1. The Kier molecular flexibility index (Phi) is 4.77. The van der Waals surface area contributed by atoms with E-state index in [9.17, 15) is 0 Å².